The molecule has 44 heavy (non-hydrogen) atoms. The molecule has 4 aromatic carbocycles. The lowest BCUT2D eigenvalue weighted by Crippen LogP contribution is -2.17. The molecule has 6 aromatic rings. The van der Waals surface area contributed by atoms with Crippen molar-refractivity contribution < 1.29 is 18.9 Å². The van der Waals surface area contributed by atoms with E-state index in [0.717, 1.165) is 57.1 Å². The van der Waals surface area contributed by atoms with E-state index in [4.69, 9.17) is 18.9 Å². The third-order valence-electron chi connectivity index (χ3n) is 8.43. The van der Waals surface area contributed by atoms with E-state index in [2.05, 4.69) is 84.3 Å². The highest BCUT2D eigenvalue weighted by Crippen LogP contribution is 2.61. The van der Waals surface area contributed by atoms with E-state index in [9.17, 15) is 0 Å². The summed E-state index contributed by atoms with van der Waals surface area (Å²) in [4.78, 5) is 9.73. The van der Waals surface area contributed by atoms with Gasteiger partial charge in [-0.25, -0.2) is 0 Å². The largest absolute Gasteiger partial charge is 0.497 e. The van der Waals surface area contributed by atoms with Crippen LogP contribution in [0.15, 0.2) is 72.8 Å². The van der Waals surface area contributed by atoms with Gasteiger partial charge >= 0.3 is 0 Å². The number of methoxy groups -OCH3 is 4. The maximum Gasteiger partial charge on any atom is 0.124 e. The molecule has 8 rings (SSSR count). The summed E-state index contributed by atoms with van der Waals surface area (Å²) < 4.78 is 22.8. The second-order valence-electron chi connectivity index (χ2n) is 11.0. The minimum Gasteiger partial charge on any atom is -0.497 e. The van der Waals surface area contributed by atoms with Gasteiger partial charge in [0.1, 0.15) is 23.0 Å². The zero-order valence-electron chi connectivity index (χ0n) is 25.3. The average molecular weight is 619 g/mol. The number of thiophene rings is 2. The lowest BCUT2D eigenvalue weighted by atomic mass is 9.88. The van der Waals surface area contributed by atoms with Crippen LogP contribution >= 0.6 is 22.7 Å². The smallest absolute Gasteiger partial charge is 0.124 e. The Bertz CT molecular complexity index is 1930. The van der Waals surface area contributed by atoms with Crippen LogP contribution in [-0.2, 0) is 0 Å². The van der Waals surface area contributed by atoms with Gasteiger partial charge in [-0.1, -0.05) is 12.1 Å². The van der Waals surface area contributed by atoms with Crippen LogP contribution in [0.2, 0.25) is 0 Å². The Hall–Kier alpha value is -4.66. The monoisotopic (exact) mass is 618 g/mol. The zero-order valence-corrected chi connectivity index (χ0v) is 26.9. The van der Waals surface area contributed by atoms with Crippen LogP contribution in [0.4, 0.5) is 34.1 Å². The minimum atomic E-state index is 0.748. The highest BCUT2D eigenvalue weighted by Gasteiger charge is 2.35. The molecule has 2 aliphatic rings. The van der Waals surface area contributed by atoms with E-state index in [1.165, 1.54) is 41.4 Å². The molecule has 0 saturated carbocycles. The molecular formula is C36H30N2O4S2. The molecule has 220 valence electrons. The van der Waals surface area contributed by atoms with Gasteiger partial charge in [-0.3, -0.25) is 0 Å². The van der Waals surface area contributed by atoms with Crippen molar-refractivity contribution >= 4 is 67.6 Å². The van der Waals surface area contributed by atoms with Crippen LogP contribution in [-0.4, -0.2) is 28.4 Å². The molecule has 0 aliphatic carbocycles. The third kappa shape index (κ3) is 3.84. The summed E-state index contributed by atoms with van der Waals surface area (Å²) in [6, 6.07) is 25.8. The Balaban J connectivity index is 1.47. The number of hydrogen-bond acceptors (Lipinski definition) is 8. The first-order valence-electron chi connectivity index (χ1n) is 14.3. The number of aryl methyl sites for hydroxylation is 2. The van der Waals surface area contributed by atoms with Gasteiger partial charge in [-0.15, -0.1) is 22.7 Å². The van der Waals surface area contributed by atoms with Crippen LogP contribution in [0.3, 0.4) is 0 Å². The molecule has 0 unspecified atom stereocenters. The Morgan fingerprint density at radius 2 is 0.818 bits per heavy atom. The van der Waals surface area contributed by atoms with Gasteiger partial charge in [0.25, 0.3) is 0 Å². The topological polar surface area (TPSA) is 43.4 Å². The first kappa shape index (κ1) is 26.9. The van der Waals surface area contributed by atoms with Crippen LogP contribution in [0.1, 0.15) is 9.75 Å². The molecular weight excluding hydrogens is 589 g/mol. The molecule has 6 nitrogen and oxygen atoms in total. The molecule has 0 fully saturated rings. The Morgan fingerprint density at radius 1 is 0.455 bits per heavy atom. The molecule has 0 atom stereocenters. The molecule has 4 heterocycles. The number of ether oxygens (including phenoxy) is 4. The summed E-state index contributed by atoms with van der Waals surface area (Å²) in [6.45, 7) is 4.35. The number of fused-ring (bicyclic) bond motifs is 4. The molecule has 8 heteroatoms. The van der Waals surface area contributed by atoms with E-state index < -0.39 is 0 Å². The van der Waals surface area contributed by atoms with Crippen molar-refractivity contribution in [1.29, 1.82) is 0 Å². The number of nitrogens with zero attached hydrogens (tertiary/aromatic N) is 2. The fourth-order valence-electron chi connectivity index (χ4n) is 6.59. The van der Waals surface area contributed by atoms with Gasteiger partial charge < -0.3 is 28.7 Å². The second-order valence-corrected chi connectivity index (χ2v) is 13.5. The maximum absolute atomic E-state index is 5.70. The van der Waals surface area contributed by atoms with Crippen molar-refractivity contribution in [2.45, 2.75) is 13.8 Å². The van der Waals surface area contributed by atoms with E-state index in [0.29, 0.717) is 0 Å². The predicted octanol–water partition coefficient (Wildman–Crippen LogP) is 10.5. The minimum absolute atomic E-state index is 0.748. The molecule has 0 N–H and O–H groups in total. The summed E-state index contributed by atoms with van der Waals surface area (Å²) in [5.74, 6) is 2.99. The quantitative estimate of drug-likeness (QED) is 0.185. The SMILES string of the molecule is COc1cc(OC)cc(N2c3cc(C)sc3-c3ccc4c5c(ccc2c35)-c2sc(C)cc2N4c2cc(OC)cc(OC)c2)c1. The van der Waals surface area contributed by atoms with Gasteiger partial charge in [0.2, 0.25) is 0 Å². The lowest BCUT2D eigenvalue weighted by Gasteiger charge is -2.36. The first-order chi connectivity index (χ1) is 21.4. The van der Waals surface area contributed by atoms with Crippen LogP contribution in [0.5, 0.6) is 23.0 Å². The average Bonchev–Trinajstić information content (AvgIpc) is 3.63. The Labute approximate surface area is 264 Å². The summed E-state index contributed by atoms with van der Waals surface area (Å²) in [5.41, 5.74) is 9.06. The summed E-state index contributed by atoms with van der Waals surface area (Å²) >= 11 is 3.66. The lowest BCUT2D eigenvalue weighted by molar-refractivity contribution is 0.394. The highest BCUT2D eigenvalue weighted by molar-refractivity contribution is 7.16. The zero-order chi connectivity index (χ0) is 30.3. The number of anilines is 6. The van der Waals surface area contributed by atoms with Gasteiger partial charge in [-0.2, -0.15) is 0 Å². The van der Waals surface area contributed by atoms with Gasteiger partial charge in [0, 0.05) is 68.1 Å². The normalized spacial score (nSPS) is 12.7. The van der Waals surface area contributed by atoms with Gasteiger partial charge in [-0.05, 0) is 38.1 Å². The van der Waals surface area contributed by atoms with Crippen LogP contribution in [0, 0.1) is 13.8 Å². The van der Waals surface area contributed by atoms with Crippen LogP contribution < -0.4 is 28.7 Å². The van der Waals surface area contributed by atoms with Crippen molar-refractivity contribution in [3.05, 3.63) is 82.6 Å². The van der Waals surface area contributed by atoms with E-state index in [-0.39, 0.29) is 0 Å². The molecule has 2 aromatic heterocycles. The van der Waals surface area contributed by atoms with E-state index >= 15 is 0 Å². The number of benzene rings is 4. The number of rotatable bonds is 6. The summed E-state index contributed by atoms with van der Waals surface area (Å²) in [6.07, 6.45) is 0. The fourth-order valence-corrected chi connectivity index (χ4v) is 8.64. The van der Waals surface area contributed by atoms with Crippen LogP contribution in [0.25, 0.3) is 31.7 Å². The molecule has 0 spiro atoms. The van der Waals surface area contributed by atoms with E-state index in [1.807, 2.05) is 34.8 Å². The van der Waals surface area contributed by atoms with Gasteiger partial charge in [0.15, 0.2) is 0 Å². The Kier molecular flexibility index (Phi) is 6.08. The Morgan fingerprint density at radius 3 is 1.16 bits per heavy atom. The second kappa shape index (κ2) is 9.94. The molecule has 0 bridgehead atoms. The van der Waals surface area contributed by atoms with Gasteiger partial charge in [0.05, 0.1) is 72.3 Å². The van der Waals surface area contributed by atoms with E-state index in [1.54, 1.807) is 28.4 Å². The van der Waals surface area contributed by atoms with Crippen molar-refractivity contribution in [2.75, 3.05) is 38.2 Å². The number of hydrogen-bond donors (Lipinski definition) is 0. The third-order valence-corrected chi connectivity index (χ3v) is 10.6. The molecule has 0 radical (unpaired) electrons. The summed E-state index contributed by atoms with van der Waals surface area (Å²) in [5, 5.41) is 2.46. The standard InChI is InChI=1S/C36H30N2O4S2/c1-19-11-31-35(43-19)27-7-9-30-34-28(8-10-29(33(27)34)37(31)21-13-23(39-3)17-24(14-21)40-4)36-32(12-20(2)44-36)38(30)22-15-25(41-5)18-26(16-22)42-6/h7-18H,1-6H3. The first-order valence-corrected chi connectivity index (χ1v) is 15.9. The predicted molar refractivity (Wildman–Crippen MR) is 183 cm³/mol. The summed E-state index contributed by atoms with van der Waals surface area (Å²) in [7, 11) is 6.77. The van der Waals surface area contributed by atoms with Crippen molar-refractivity contribution in [3.63, 3.8) is 0 Å². The molecule has 0 amide bonds. The molecule has 2 aliphatic heterocycles. The molecule has 0 saturated heterocycles. The maximum atomic E-state index is 5.70. The van der Waals surface area contributed by atoms with Crippen molar-refractivity contribution in [3.8, 4) is 43.9 Å². The van der Waals surface area contributed by atoms with Crippen molar-refractivity contribution in [2.24, 2.45) is 0 Å². The van der Waals surface area contributed by atoms with Crippen molar-refractivity contribution in [1.82, 2.24) is 0 Å². The fraction of sp³-hybridized carbons (Fsp3) is 0.167. The highest BCUT2D eigenvalue weighted by atomic mass is 32.1.